The number of aromatic hydroxyl groups is 2. The molecular formula is C47H60O8. The van der Waals surface area contributed by atoms with E-state index in [1.807, 2.05) is 74.5 Å². The largest absolute Gasteiger partial charge is 0.508 e. The standard InChI is InChI=1S/C47H60O8/c1-7-11-13-35-31-33(15-25-43(35)48)41(9-3)45(50)54-29-27-52-39-21-17-37(18-22-39)47(5,6)38-19-23-40(24-20-38)53-28-30-55-46(51)42(10-4)34-16-26-44(49)36(32-34)14-12-8-2/h15-26,31-32,41-42,48-49H,7-14,27-30H2,1-6H3. The molecule has 2 atom stereocenters. The fourth-order valence-corrected chi connectivity index (χ4v) is 6.76. The lowest BCUT2D eigenvalue weighted by atomic mass is 9.78. The van der Waals surface area contributed by atoms with Gasteiger partial charge in [0.25, 0.3) is 0 Å². The third-order valence-electron chi connectivity index (χ3n) is 10.3. The van der Waals surface area contributed by atoms with Crippen molar-refractivity contribution in [2.45, 2.75) is 110 Å². The Balaban J connectivity index is 1.22. The van der Waals surface area contributed by atoms with Gasteiger partial charge in [-0.05, 0) is 108 Å². The second kappa shape index (κ2) is 21.2. The Hall–Kier alpha value is -4.98. The van der Waals surface area contributed by atoms with Crippen LogP contribution in [-0.2, 0) is 37.3 Å². The molecular weight excluding hydrogens is 693 g/mol. The number of esters is 2. The Morgan fingerprint density at radius 3 is 1.29 bits per heavy atom. The maximum Gasteiger partial charge on any atom is 0.313 e. The molecule has 0 saturated heterocycles. The molecule has 0 fully saturated rings. The summed E-state index contributed by atoms with van der Waals surface area (Å²) in [5.74, 6) is 0.543. The molecule has 0 saturated carbocycles. The van der Waals surface area contributed by atoms with E-state index >= 15 is 0 Å². The summed E-state index contributed by atoms with van der Waals surface area (Å²) < 4.78 is 23.0. The minimum Gasteiger partial charge on any atom is -0.508 e. The summed E-state index contributed by atoms with van der Waals surface area (Å²) >= 11 is 0. The first-order valence-electron chi connectivity index (χ1n) is 20.0. The maximum atomic E-state index is 12.9. The SMILES string of the molecule is CCCCc1cc(C(CC)C(=O)OCCOc2ccc(C(C)(C)c3ccc(OCCOC(=O)C(CC)c4ccc(O)c(CCCC)c4)cc3)cc2)ccc1O. The van der Waals surface area contributed by atoms with Gasteiger partial charge in [0, 0.05) is 5.41 Å². The highest BCUT2D eigenvalue weighted by molar-refractivity contribution is 5.79. The average molecular weight is 753 g/mol. The highest BCUT2D eigenvalue weighted by Crippen LogP contribution is 2.34. The van der Waals surface area contributed by atoms with Crippen molar-refractivity contribution >= 4 is 11.9 Å². The van der Waals surface area contributed by atoms with Gasteiger partial charge in [0.05, 0.1) is 11.8 Å². The zero-order valence-electron chi connectivity index (χ0n) is 33.6. The fourth-order valence-electron chi connectivity index (χ4n) is 6.76. The summed E-state index contributed by atoms with van der Waals surface area (Å²) in [5.41, 5.74) is 5.39. The first-order chi connectivity index (χ1) is 26.5. The van der Waals surface area contributed by atoms with E-state index in [9.17, 15) is 19.8 Å². The number of aryl methyl sites for hydroxylation is 2. The van der Waals surface area contributed by atoms with E-state index in [1.165, 1.54) is 0 Å². The van der Waals surface area contributed by atoms with Crippen LogP contribution in [0.25, 0.3) is 0 Å². The Kier molecular flexibility index (Phi) is 16.5. The van der Waals surface area contributed by atoms with Gasteiger partial charge < -0.3 is 29.2 Å². The van der Waals surface area contributed by atoms with Crippen molar-refractivity contribution in [2.24, 2.45) is 0 Å². The van der Waals surface area contributed by atoms with E-state index in [1.54, 1.807) is 24.3 Å². The summed E-state index contributed by atoms with van der Waals surface area (Å²) in [6.07, 6.45) is 6.77. The quantitative estimate of drug-likeness (QED) is 0.0603. The summed E-state index contributed by atoms with van der Waals surface area (Å²) in [7, 11) is 0. The highest BCUT2D eigenvalue weighted by Gasteiger charge is 2.25. The summed E-state index contributed by atoms with van der Waals surface area (Å²) in [5, 5.41) is 20.4. The number of carbonyl (C=O) groups excluding carboxylic acids is 2. The van der Waals surface area contributed by atoms with E-state index in [-0.39, 0.29) is 55.3 Å². The van der Waals surface area contributed by atoms with Crippen molar-refractivity contribution in [1.29, 1.82) is 0 Å². The molecule has 4 rings (SSSR count). The number of phenolic OH excluding ortho intramolecular Hbond substituents is 2. The van der Waals surface area contributed by atoms with Crippen molar-refractivity contribution < 1.29 is 38.7 Å². The number of phenols is 2. The van der Waals surface area contributed by atoms with E-state index in [0.717, 1.165) is 71.9 Å². The maximum absolute atomic E-state index is 12.9. The molecule has 2 N–H and O–H groups in total. The van der Waals surface area contributed by atoms with E-state index < -0.39 is 11.8 Å². The molecule has 4 aromatic carbocycles. The summed E-state index contributed by atoms with van der Waals surface area (Å²) in [6, 6.07) is 26.7. The van der Waals surface area contributed by atoms with Crippen LogP contribution in [0.2, 0.25) is 0 Å². The number of hydrogen-bond acceptors (Lipinski definition) is 8. The molecule has 8 heteroatoms. The second-order valence-corrected chi connectivity index (χ2v) is 14.6. The Morgan fingerprint density at radius 1 is 0.564 bits per heavy atom. The zero-order valence-corrected chi connectivity index (χ0v) is 33.6. The third kappa shape index (κ3) is 12.0. The number of rotatable bonds is 22. The van der Waals surface area contributed by atoms with Gasteiger partial charge in [-0.1, -0.05) is 103 Å². The smallest absolute Gasteiger partial charge is 0.313 e. The molecule has 0 radical (unpaired) electrons. The van der Waals surface area contributed by atoms with Crippen molar-refractivity contribution in [3.63, 3.8) is 0 Å². The summed E-state index contributed by atoms with van der Waals surface area (Å²) in [6.45, 7) is 13.2. The topological polar surface area (TPSA) is 112 Å². The minimum atomic E-state index is -0.395. The Labute approximate surface area is 327 Å². The van der Waals surface area contributed by atoms with Crippen LogP contribution in [0.5, 0.6) is 23.0 Å². The van der Waals surface area contributed by atoms with Gasteiger partial charge in [-0.2, -0.15) is 0 Å². The minimum absolute atomic E-state index is 0.138. The van der Waals surface area contributed by atoms with Gasteiger partial charge in [-0.15, -0.1) is 0 Å². The lowest BCUT2D eigenvalue weighted by Gasteiger charge is -2.26. The molecule has 0 bridgehead atoms. The van der Waals surface area contributed by atoms with Gasteiger partial charge in [-0.3, -0.25) is 9.59 Å². The Morgan fingerprint density at radius 2 is 0.945 bits per heavy atom. The molecule has 8 nitrogen and oxygen atoms in total. The van der Waals surface area contributed by atoms with E-state index in [0.29, 0.717) is 24.3 Å². The number of ether oxygens (including phenoxy) is 4. The molecule has 0 aliphatic carbocycles. The average Bonchev–Trinajstić information content (AvgIpc) is 3.19. The predicted octanol–water partition coefficient (Wildman–Crippen LogP) is 10.3. The molecule has 0 amide bonds. The summed E-state index contributed by atoms with van der Waals surface area (Å²) in [4.78, 5) is 25.9. The highest BCUT2D eigenvalue weighted by atomic mass is 16.6. The monoisotopic (exact) mass is 752 g/mol. The molecule has 2 unspecified atom stereocenters. The van der Waals surface area contributed by atoms with E-state index in [4.69, 9.17) is 18.9 Å². The van der Waals surface area contributed by atoms with Crippen LogP contribution in [-0.4, -0.2) is 48.6 Å². The van der Waals surface area contributed by atoms with Crippen LogP contribution >= 0.6 is 0 Å². The molecule has 0 aliphatic rings. The molecule has 55 heavy (non-hydrogen) atoms. The van der Waals surface area contributed by atoms with Crippen LogP contribution < -0.4 is 9.47 Å². The van der Waals surface area contributed by atoms with Crippen molar-refractivity contribution in [1.82, 2.24) is 0 Å². The van der Waals surface area contributed by atoms with Crippen molar-refractivity contribution in [3.05, 3.63) is 118 Å². The molecule has 0 heterocycles. The predicted molar refractivity (Wildman–Crippen MR) is 217 cm³/mol. The molecule has 0 aliphatic heterocycles. The first kappa shape index (κ1) is 42.8. The second-order valence-electron chi connectivity index (χ2n) is 14.6. The Bertz CT molecular complexity index is 1660. The molecule has 0 aromatic heterocycles. The van der Waals surface area contributed by atoms with Crippen LogP contribution in [0, 0.1) is 0 Å². The number of hydrogen-bond donors (Lipinski definition) is 2. The molecule has 0 spiro atoms. The van der Waals surface area contributed by atoms with Gasteiger partial charge >= 0.3 is 11.9 Å². The van der Waals surface area contributed by atoms with Crippen LogP contribution in [0.3, 0.4) is 0 Å². The number of unbranched alkanes of at least 4 members (excludes halogenated alkanes) is 2. The van der Waals surface area contributed by atoms with Crippen molar-refractivity contribution in [3.8, 4) is 23.0 Å². The molecule has 296 valence electrons. The van der Waals surface area contributed by atoms with Gasteiger partial charge in [-0.25, -0.2) is 0 Å². The fraction of sp³-hybridized carbons (Fsp3) is 0.447. The lowest BCUT2D eigenvalue weighted by molar-refractivity contribution is -0.147. The van der Waals surface area contributed by atoms with Crippen LogP contribution in [0.1, 0.15) is 125 Å². The van der Waals surface area contributed by atoms with Crippen molar-refractivity contribution in [2.75, 3.05) is 26.4 Å². The third-order valence-corrected chi connectivity index (χ3v) is 10.3. The number of benzene rings is 4. The van der Waals surface area contributed by atoms with Gasteiger partial charge in [0.1, 0.15) is 49.4 Å². The van der Waals surface area contributed by atoms with Crippen LogP contribution in [0.4, 0.5) is 0 Å². The van der Waals surface area contributed by atoms with Crippen LogP contribution in [0.15, 0.2) is 84.9 Å². The van der Waals surface area contributed by atoms with Gasteiger partial charge in [0.2, 0.25) is 0 Å². The normalized spacial score (nSPS) is 12.5. The first-order valence-corrected chi connectivity index (χ1v) is 20.0. The zero-order chi connectivity index (χ0) is 39.8. The number of carbonyl (C=O) groups is 2. The molecule has 4 aromatic rings. The van der Waals surface area contributed by atoms with Gasteiger partial charge in [0.15, 0.2) is 0 Å². The van der Waals surface area contributed by atoms with E-state index in [2.05, 4.69) is 27.7 Å². The lowest BCUT2D eigenvalue weighted by Crippen LogP contribution is -2.20.